The Morgan fingerprint density at radius 1 is 1.60 bits per heavy atom. The molecule has 0 amide bonds. The minimum Gasteiger partial charge on any atom is -0.384 e. The summed E-state index contributed by atoms with van der Waals surface area (Å²) in [5.41, 5.74) is 0.968. The number of hydrogen-bond acceptors (Lipinski definition) is 2. The lowest BCUT2D eigenvalue weighted by atomic mass is 10.4. The maximum atomic E-state index is 5.68. The Labute approximate surface area is 65.2 Å². The second-order valence-corrected chi connectivity index (χ2v) is 2.36. The van der Waals surface area contributed by atoms with Crippen molar-refractivity contribution in [1.82, 2.24) is 4.98 Å². The van der Waals surface area contributed by atoms with Gasteiger partial charge in [0.1, 0.15) is 0 Å². The maximum Gasteiger partial charge on any atom is 0.0609 e. The van der Waals surface area contributed by atoms with Crippen molar-refractivity contribution in [2.45, 2.75) is 6.92 Å². The van der Waals surface area contributed by atoms with Crippen LogP contribution in [-0.2, 0) is 0 Å². The van der Waals surface area contributed by atoms with E-state index in [0.29, 0.717) is 5.02 Å². The first-order valence-corrected chi connectivity index (χ1v) is 3.55. The lowest BCUT2D eigenvalue weighted by Crippen LogP contribution is -1.95. The Hall–Kier alpha value is -0.760. The van der Waals surface area contributed by atoms with Gasteiger partial charge in [-0.25, -0.2) is 0 Å². The third-order valence-corrected chi connectivity index (χ3v) is 1.29. The van der Waals surface area contributed by atoms with E-state index in [9.17, 15) is 0 Å². The summed E-state index contributed by atoms with van der Waals surface area (Å²) < 4.78 is 0. The number of rotatable bonds is 2. The molecule has 0 aromatic carbocycles. The van der Waals surface area contributed by atoms with Crippen LogP contribution in [0.5, 0.6) is 0 Å². The SMILES string of the molecule is CCNc1cncc(Cl)c1. The van der Waals surface area contributed by atoms with Crippen LogP contribution in [0.3, 0.4) is 0 Å². The van der Waals surface area contributed by atoms with Gasteiger partial charge in [-0.3, -0.25) is 4.98 Å². The Morgan fingerprint density at radius 3 is 3.00 bits per heavy atom. The molecule has 1 rings (SSSR count). The minimum atomic E-state index is 0.665. The number of halogens is 1. The highest BCUT2D eigenvalue weighted by Crippen LogP contribution is 2.11. The lowest BCUT2D eigenvalue weighted by Gasteiger charge is -2.00. The quantitative estimate of drug-likeness (QED) is 0.710. The summed E-state index contributed by atoms with van der Waals surface area (Å²) in [5.74, 6) is 0. The molecule has 0 saturated carbocycles. The molecule has 1 aromatic rings. The number of pyridine rings is 1. The first kappa shape index (κ1) is 7.35. The van der Waals surface area contributed by atoms with Crippen LogP contribution in [0.4, 0.5) is 5.69 Å². The van der Waals surface area contributed by atoms with E-state index in [0.717, 1.165) is 12.2 Å². The first-order chi connectivity index (χ1) is 4.83. The van der Waals surface area contributed by atoms with Gasteiger partial charge in [0.25, 0.3) is 0 Å². The molecule has 10 heavy (non-hydrogen) atoms. The first-order valence-electron chi connectivity index (χ1n) is 3.17. The molecular weight excluding hydrogens is 148 g/mol. The highest BCUT2D eigenvalue weighted by atomic mass is 35.5. The van der Waals surface area contributed by atoms with E-state index in [1.54, 1.807) is 12.4 Å². The molecule has 54 valence electrons. The van der Waals surface area contributed by atoms with Crippen LogP contribution in [0.2, 0.25) is 5.02 Å². The van der Waals surface area contributed by atoms with Gasteiger partial charge in [0, 0.05) is 12.7 Å². The van der Waals surface area contributed by atoms with Crippen molar-refractivity contribution in [2.75, 3.05) is 11.9 Å². The second-order valence-electron chi connectivity index (χ2n) is 1.92. The zero-order valence-corrected chi connectivity index (χ0v) is 6.52. The minimum absolute atomic E-state index is 0.665. The highest BCUT2D eigenvalue weighted by molar-refractivity contribution is 6.30. The summed E-state index contributed by atoms with van der Waals surface area (Å²) in [5, 5.41) is 3.77. The number of anilines is 1. The van der Waals surface area contributed by atoms with Crippen LogP contribution in [0.15, 0.2) is 18.5 Å². The van der Waals surface area contributed by atoms with Crippen molar-refractivity contribution in [2.24, 2.45) is 0 Å². The number of nitrogens with zero attached hydrogens (tertiary/aromatic N) is 1. The number of aromatic nitrogens is 1. The van der Waals surface area contributed by atoms with Crippen LogP contribution < -0.4 is 5.32 Å². The molecule has 0 atom stereocenters. The summed E-state index contributed by atoms with van der Waals surface area (Å²) in [6.45, 7) is 2.92. The number of nitrogens with one attached hydrogen (secondary N) is 1. The van der Waals surface area contributed by atoms with Gasteiger partial charge < -0.3 is 5.32 Å². The normalized spacial score (nSPS) is 9.40. The van der Waals surface area contributed by atoms with Crippen molar-refractivity contribution < 1.29 is 0 Å². The second kappa shape index (κ2) is 3.42. The Balaban J connectivity index is 2.75. The molecule has 1 heterocycles. The predicted molar refractivity (Wildman–Crippen MR) is 43.4 cm³/mol. The molecule has 0 spiro atoms. The maximum absolute atomic E-state index is 5.68. The third kappa shape index (κ3) is 1.88. The van der Waals surface area contributed by atoms with Crippen molar-refractivity contribution in [1.29, 1.82) is 0 Å². The van der Waals surface area contributed by atoms with Crippen molar-refractivity contribution in [3.05, 3.63) is 23.5 Å². The molecule has 0 aliphatic heterocycles. The van der Waals surface area contributed by atoms with E-state index in [-0.39, 0.29) is 0 Å². The van der Waals surface area contributed by atoms with Crippen LogP contribution in [0, 0.1) is 0 Å². The average Bonchev–Trinajstić information content (AvgIpc) is 1.88. The lowest BCUT2D eigenvalue weighted by molar-refractivity contribution is 1.19. The fourth-order valence-corrected chi connectivity index (χ4v) is 0.887. The molecule has 0 radical (unpaired) electrons. The van der Waals surface area contributed by atoms with Crippen molar-refractivity contribution in [3.63, 3.8) is 0 Å². The third-order valence-electron chi connectivity index (χ3n) is 1.09. The topological polar surface area (TPSA) is 24.9 Å². The molecule has 3 heteroatoms. The van der Waals surface area contributed by atoms with Crippen molar-refractivity contribution in [3.8, 4) is 0 Å². The molecule has 0 aliphatic carbocycles. The fourth-order valence-electron chi connectivity index (χ4n) is 0.713. The van der Waals surface area contributed by atoms with Gasteiger partial charge >= 0.3 is 0 Å². The van der Waals surface area contributed by atoms with Gasteiger partial charge in [0.2, 0.25) is 0 Å². The fraction of sp³-hybridized carbons (Fsp3) is 0.286. The van der Waals surface area contributed by atoms with Crippen LogP contribution in [0.1, 0.15) is 6.92 Å². The molecule has 2 nitrogen and oxygen atoms in total. The van der Waals surface area contributed by atoms with Gasteiger partial charge in [-0.2, -0.15) is 0 Å². The molecule has 0 aliphatic rings. The van der Waals surface area contributed by atoms with Crippen LogP contribution >= 0.6 is 11.6 Å². The van der Waals surface area contributed by atoms with Crippen LogP contribution in [-0.4, -0.2) is 11.5 Å². The Kier molecular flexibility index (Phi) is 2.51. The predicted octanol–water partition coefficient (Wildman–Crippen LogP) is 2.17. The largest absolute Gasteiger partial charge is 0.384 e. The molecule has 1 N–H and O–H groups in total. The summed E-state index contributed by atoms with van der Waals surface area (Å²) in [7, 11) is 0. The molecular formula is C7H9ClN2. The standard InChI is InChI=1S/C7H9ClN2/c1-2-10-7-3-6(8)4-9-5-7/h3-5,10H,2H2,1H3. The zero-order chi connectivity index (χ0) is 7.40. The summed E-state index contributed by atoms with van der Waals surface area (Å²) in [6, 6.07) is 1.85. The smallest absolute Gasteiger partial charge is 0.0609 e. The average molecular weight is 157 g/mol. The van der Waals surface area contributed by atoms with Gasteiger partial charge in [0.05, 0.1) is 16.9 Å². The van der Waals surface area contributed by atoms with Gasteiger partial charge in [0.15, 0.2) is 0 Å². The van der Waals surface area contributed by atoms with E-state index < -0.39 is 0 Å². The van der Waals surface area contributed by atoms with Gasteiger partial charge in [-0.05, 0) is 13.0 Å². The van der Waals surface area contributed by atoms with E-state index in [1.165, 1.54) is 0 Å². The Morgan fingerprint density at radius 2 is 2.40 bits per heavy atom. The monoisotopic (exact) mass is 156 g/mol. The van der Waals surface area contributed by atoms with Gasteiger partial charge in [-0.1, -0.05) is 11.6 Å². The highest BCUT2D eigenvalue weighted by Gasteiger charge is 1.89. The van der Waals surface area contributed by atoms with Gasteiger partial charge in [-0.15, -0.1) is 0 Å². The summed E-state index contributed by atoms with van der Waals surface area (Å²) in [4.78, 5) is 3.91. The molecule has 0 fully saturated rings. The van der Waals surface area contributed by atoms with E-state index in [4.69, 9.17) is 11.6 Å². The summed E-state index contributed by atoms with van der Waals surface area (Å²) in [6.07, 6.45) is 3.36. The number of hydrogen-bond donors (Lipinski definition) is 1. The zero-order valence-electron chi connectivity index (χ0n) is 5.76. The molecule has 0 unspecified atom stereocenters. The van der Waals surface area contributed by atoms with Crippen molar-refractivity contribution >= 4 is 17.3 Å². The molecule has 1 aromatic heterocycles. The van der Waals surface area contributed by atoms with E-state index in [2.05, 4.69) is 10.3 Å². The Bertz CT molecular complexity index is 213. The van der Waals surface area contributed by atoms with E-state index in [1.807, 2.05) is 13.0 Å². The molecule has 0 saturated heterocycles. The van der Waals surface area contributed by atoms with Crippen LogP contribution in [0.25, 0.3) is 0 Å². The molecule has 0 bridgehead atoms. The summed E-state index contributed by atoms with van der Waals surface area (Å²) >= 11 is 5.68. The van der Waals surface area contributed by atoms with E-state index >= 15 is 0 Å².